The van der Waals surface area contributed by atoms with E-state index in [9.17, 15) is 10.4 Å². The summed E-state index contributed by atoms with van der Waals surface area (Å²) in [6, 6.07) is 56.0. The zero-order valence-corrected chi connectivity index (χ0v) is 73.3. The van der Waals surface area contributed by atoms with Gasteiger partial charge in [-0.3, -0.25) is 50.3 Å². The Morgan fingerprint density at radius 1 is 0.250 bits per heavy atom. The standard InChI is InChI=1S/2C31H19N7OS2.3CH3NO2.2Cd.4ClHO4/c2*39-38-28(22-10-5-12-24(34-22)30-36-26(18-40-30)20-8-1-3-16-32-20)14-7-15-29(38)23-11-6-13-25(35-23)31-37-27(19-41-31)21-9-2-4-17-33-21;3*1-2(3)4;;;4*2-1(3,4)5/h2*1-19H;3*1H3;;;4*(H,2,3,4,5)/q;;;;;2*+2;;;;/p-4. The second kappa shape index (κ2) is 47.4. The molecule has 0 aliphatic heterocycles. The van der Waals surface area contributed by atoms with Gasteiger partial charge in [0.05, 0.1) is 45.6 Å². The van der Waals surface area contributed by atoms with Gasteiger partial charge in [0.25, 0.3) is 0 Å². The van der Waals surface area contributed by atoms with E-state index in [4.69, 9.17) is 145 Å². The number of thiazole rings is 4. The molecule has 0 N–H and O–H groups in total. The maximum Gasteiger partial charge on any atom is 2.00 e. The van der Waals surface area contributed by atoms with Crippen LogP contribution in [0.1, 0.15) is 0 Å². The van der Waals surface area contributed by atoms with Crippen molar-refractivity contribution in [2.75, 3.05) is 21.1 Å². The van der Waals surface area contributed by atoms with Gasteiger partial charge in [-0.25, -0.2) is 114 Å². The Hall–Kier alpha value is -9.82. The van der Waals surface area contributed by atoms with Crippen LogP contribution in [0.2, 0.25) is 0 Å². The monoisotopic (exact) mass is 1940 g/mol. The maximum atomic E-state index is 13.6. The Kier molecular flexibility index (Phi) is 40.3. The van der Waals surface area contributed by atoms with Crippen LogP contribution in [-0.4, -0.2) is 95.7 Å². The molecule has 0 saturated carbocycles. The second-order valence-corrected chi connectivity index (χ2v) is 27.1. The van der Waals surface area contributed by atoms with Crippen LogP contribution in [0.3, 0.4) is 0 Å². The van der Waals surface area contributed by atoms with Crippen LogP contribution in [0.4, 0.5) is 0 Å². The molecule has 41 nitrogen and oxygen atoms in total. The number of hydrogen-bond acceptors (Lipinski definition) is 40. The molecule has 0 saturated heterocycles. The first-order chi connectivity index (χ1) is 53.6. The SMILES string of the molecule is C[N+](=O)[O-].C[N+](=O)[O-].C[N+](=O)[O-].[Cd+2].[Cd+2].[O-][Cl+3]([O-])([O-])[O-].[O-][Cl+3]([O-])([O-])[O-].[O-][Cl+3]([O-])([O-])[O-].[O-][Cl+3]([O-])([O-])[O-].[O-][n+]1c(-c2cccc(-c3nc(-c4ccccn4)cs3)n2)cccc1-c1cccc(-c2nc(-c3ccccn3)cs2)n1.[O-][n+]1c(-c2cccc(-c3nc(-c4ccccn4)cs3)n2)cccc1-c1cccc(-c2nc(-c3ccccn3)cs2)n1. The van der Waals surface area contributed by atoms with Crippen molar-refractivity contribution >= 4 is 45.3 Å². The molecule has 0 amide bonds. The average Bonchev–Trinajstić information content (AvgIpc) is 1.07. The number of halogens is 4. The van der Waals surface area contributed by atoms with E-state index in [0.717, 1.165) is 96.2 Å². The molecule has 51 heteroatoms. The van der Waals surface area contributed by atoms with Gasteiger partial charge in [-0.15, -0.1) is 86.3 Å². The summed E-state index contributed by atoms with van der Waals surface area (Å²) in [6.45, 7) is 0. The van der Waals surface area contributed by atoms with E-state index in [1.54, 1.807) is 49.1 Å². The summed E-state index contributed by atoms with van der Waals surface area (Å²) in [5, 5.41) is 64.5. The molecule has 116 heavy (non-hydrogen) atoms. The van der Waals surface area contributed by atoms with E-state index in [-0.39, 0.29) is 54.6 Å². The van der Waals surface area contributed by atoms with Gasteiger partial charge in [-0.05, 0) is 109 Å². The topological polar surface area (TPSA) is 707 Å². The molecule has 14 aromatic rings. The van der Waals surface area contributed by atoms with Crippen molar-refractivity contribution in [3.8, 4) is 134 Å². The molecule has 0 spiro atoms. The van der Waals surface area contributed by atoms with Crippen LogP contribution in [0.15, 0.2) is 228 Å². The van der Waals surface area contributed by atoms with Gasteiger partial charge in [0, 0.05) is 85.3 Å². The molecule has 592 valence electrons. The first-order valence-corrected chi connectivity index (χ1v) is 38.7. The molecule has 0 radical (unpaired) electrons. The summed E-state index contributed by atoms with van der Waals surface area (Å²) in [5.41, 5.74) is 13.0. The zero-order valence-electron chi connectivity index (χ0n) is 58.9. The van der Waals surface area contributed by atoms with Gasteiger partial charge >= 0.3 is 54.6 Å². The molecule has 14 heterocycles. The fourth-order valence-corrected chi connectivity index (χ4v) is 11.8. The minimum absolute atomic E-state index is 0. The molecule has 0 aliphatic rings. The van der Waals surface area contributed by atoms with Crippen molar-refractivity contribution in [1.29, 1.82) is 0 Å². The van der Waals surface area contributed by atoms with Crippen LogP contribution in [-0.2, 0) is 54.6 Å². The van der Waals surface area contributed by atoms with Crippen LogP contribution >= 0.6 is 45.3 Å². The van der Waals surface area contributed by atoms with Gasteiger partial charge < -0.3 is 10.4 Å². The Bertz CT molecular complexity index is 4730. The number of hydrogen-bond donors (Lipinski definition) is 0. The first kappa shape index (κ1) is 98.5. The summed E-state index contributed by atoms with van der Waals surface area (Å²) >= 11 is 5.95. The maximum absolute atomic E-state index is 13.6. The van der Waals surface area contributed by atoms with Crippen molar-refractivity contribution in [2.24, 2.45) is 0 Å². The zero-order chi connectivity index (χ0) is 83.9. The summed E-state index contributed by atoms with van der Waals surface area (Å²) in [5.74, 6) is 0. The molecule has 0 fully saturated rings. The predicted octanol–water partition coefficient (Wildman–Crippen LogP) is -5.72. The van der Waals surface area contributed by atoms with Gasteiger partial charge in [0.2, 0.25) is 22.8 Å². The molecule has 0 aliphatic carbocycles. The molecule has 0 unspecified atom stereocenters. The van der Waals surface area contributed by atoms with E-state index >= 15 is 0 Å². The molecule has 0 bridgehead atoms. The third-order valence-corrected chi connectivity index (χ3v) is 16.0. The molecule has 0 atom stereocenters. The Morgan fingerprint density at radius 3 is 0.569 bits per heavy atom. The van der Waals surface area contributed by atoms with Gasteiger partial charge in [0.15, 0.2) is 21.1 Å². The van der Waals surface area contributed by atoms with Crippen molar-refractivity contribution in [2.45, 2.75) is 0 Å². The smallest absolute Gasteiger partial charge is 0.618 e. The van der Waals surface area contributed by atoms with Crippen LogP contribution in [0, 0.1) is 81.7 Å². The quantitative estimate of drug-likeness (QED) is 0.0362. The van der Waals surface area contributed by atoms with E-state index in [2.05, 4.69) is 19.9 Å². The number of nitro groups is 3. The van der Waals surface area contributed by atoms with Crippen LogP contribution < -0.4 is 84.0 Å². The summed E-state index contributed by atoms with van der Waals surface area (Å²) in [4.78, 5) is 80.5. The van der Waals surface area contributed by atoms with Crippen molar-refractivity contribution in [1.82, 2.24) is 59.8 Å². The summed E-state index contributed by atoms with van der Waals surface area (Å²) in [7, 11) is -17.1. The minimum atomic E-state index is -4.94. The summed E-state index contributed by atoms with van der Waals surface area (Å²) in [6.07, 6.45) is 6.98. The molecule has 0 aromatic carbocycles. The van der Waals surface area contributed by atoms with Gasteiger partial charge in [-0.1, -0.05) is 48.5 Å². The van der Waals surface area contributed by atoms with Crippen molar-refractivity contribution in [3.63, 3.8) is 0 Å². The normalized spacial score (nSPS) is 10.5. The number of aromatic nitrogens is 14. The molecular weight excluding hydrogens is 1900 g/mol. The number of rotatable bonds is 12. The van der Waals surface area contributed by atoms with E-state index in [1.807, 2.05) is 179 Å². The van der Waals surface area contributed by atoms with Gasteiger partial charge in [-0.2, -0.15) is 9.46 Å². The molecular formula is C65H47Cd2Cl4N17O24S4. The average molecular weight is 1950 g/mol. The van der Waals surface area contributed by atoms with E-state index in [0.29, 0.717) is 68.3 Å². The molecule has 14 aromatic heterocycles. The second-order valence-electron chi connectivity index (χ2n) is 20.7. The van der Waals surface area contributed by atoms with E-state index < -0.39 is 55.7 Å². The third-order valence-electron chi connectivity index (χ3n) is 12.5. The third kappa shape index (κ3) is 36.6. The number of pyridine rings is 10. The van der Waals surface area contributed by atoms with Crippen LogP contribution in [0.5, 0.6) is 0 Å². The molecule has 14 rings (SSSR count). The Balaban J connectivity index is 0.000000352. The number of nitrogens with zero attached hydrogens (tertiary/aromatic N) is 17. The van der Waals surface area contributed by atoms with E-state index in [1.165, 1.54) is 45.3 Å². The van der Waals surface area contributed by atoms with Crippen molar-refractivity contribution < 1.29 is 194 Å². The Morgan fingerprint density at radius 2 is 0.405 bits per heavy atom. The fourth-order valence-electron chi connectivity index (χ4n) is 8.63. The summed E-state index contributed by atoms with van der Waals surface area (Å²) < 4.78 is 138. The van der Waals surface area contributed by atoms with Crippen LogP contribution in [0.25, 0.3) is 134 Å². The van der Waals surface area contributed by atoms with Gasteiger partial charge in [0.1, 0.15) is 65.6 Å². The predicted molar refractivity (Wildman–Crippen MR) is 360 cm³/mol. The first-order valence-electron chi connectivity index (χ1n) is 30.2. The largest absolute Gasteiger partial charge is 2.00 e. The Labute approximate surface area is 717 Å². The minimum Gasteiger partial charge on any atom is -0.618 e. The fraction of sp³-hybridized carbons (Fsp3) is 0.0462. The van der Waals surface area contributed by atoms with Crippen molar-refractivity contribution in [3.05, 3.63) is 269 Å².